The highest BCUT2D eigenvalue weighted by Gasteiger charge is 2.23. The monoisotopic (exact) mass is 351 g/mol. The molecule has 2 heterocycles. The Balaban J connectivity index is 1.90. The lowest BCUT2D eigenvalue weighted by atomic mass is 10.2. The Hall–Kier alpha value is -2.26. The largest absolute Gasteiger partial charge is 0.450 e. The van der Waals surface area contributed by atoms with Gasteiger partial charge in [0.1, 0.15) is 0 Å². The molecule has 0 aliphatic carbocycles. The van der Waals surface area contributed by atoms with Gasteiger partial charge < -0.3 is 14.5 Å². The van der Waals surface area contributed by atoms with Gasteiger partial charge in [-0.15, -0.1) is 5.11 Å². The predicted molar refractivity (Wildman–Crippen MR) is 92.2 cm³/mol. The van der Waals surface area contributed by atoms with Crippen LogP contribution in [0.2, 0.25) is 0 Å². The van der Waals surface area contributed by atoms with Crippen LogP contribution >= 0.6 is 12.2 Å². The minimum atomic E-state index is -0.301. The van der Waals surface area contributed by atoms with E-state index in [9.17, 15) is 10.0 Å². The first kappa shape index (κ1) is 18.1. The lowest BCUT2D eigenvalue weighted by Gasteiger charge is -2.33. The van der Waals surface area contributed by atoms with Crippen LogP contribution in [0.25, 0.3) is 0 Å². The van der Waals surface area contributed by atoms with Crippen molar-refractivity contribution in [2.24, 2.45) is 10.2 Å². The van der Waals surface area contributed by atoms with Gasteiger partial charge in [0.15, 0.2) is 0 Å². The van der Waals surface area contributed by atoms with E-state index < -0.39 is 0 Å². The molecule has 0 spiro atoms. The van der Waals surface area contributed by atoms with Gasteiger partial charge in [0.2, 0.25) is 5.11 Å². The highest BCUT2D eigenvalue weighted by atomic mass is 32.1. The molecule has 2 aliphatic heterocycles. The molecule has 0 saturated carbocycles. The summed E-state index contributed by atoms with van der Waals surface area (Å²) < 4.78 is 4.98. The van der Waals surface area contributed by atoms with Crippen LogP contribution in [0, 0.1) is 0 Å². The Morgan fingerprint density at radius 2 is 1.92 bits per heavy atom. The summed E-state index contributed by atoms with van der Waals surface area (Å²) in [5.41, 5.74) is 1.08. The molecule has 0 bridgehead atoms. The number of carbonyl (C=O) groups excluding carboxylic acids is 1. The average Bonchev–Trinajstić information content (AvgIpc) is 2.60. The summed E-state index contributed by atoms with van der Waals surface area (Å²) in [6.07, 6.45) is 6.46. The van der Waals surface area contributed by atoms with Gasteiger partial charge in [-0.25, -0.2) is 9.86 Å². The van der Waals surface area contributed by atoms with Crippen molar-refractivity contribution < 1.29 is 14.7 Å². The lowest BCUT2D eigenvalue weighted by Crippen LogP contribution is -2.50. The zero-order valence-corrected chi connectivity index (χ0v) is 14.6. The SMILES string of the molecule is CCOC(=O)N1CCN(C(=S)N=N/C(C)=C2/C=CC=CN2O)CC1. The van der Waals surface area contributed by atoms with Crippen molar-refractivity contribution in [3.05, 3.63) is 35.8 Å². The number of allylic oxidation sites excluding steroid dienone is 4. The molecule has 9 heteroatoms. The van der Waals surface area contributed by atoms with E-state index in [-0.39, 0.29) is 6.09 Å². The van der Waals surface area contributed by atoms with Crippen molar-refractivity contribution in [1.29, 1.82) is 0 Å². The van der Waals surface area contributed by atoms with Crippen LogP contribution in [0.5, 0.6) is 0 Å². The molecule has 0 aromatic heterocycles. The molecule has 130 valence electrons. The van der Waals surface area contributed by atoms with Crippen LogP contribution in [0.15, 0.2) is 46.1 Å². The van der Waals surface area contributed by atoms with E-state index in [2.05, 4.69) is 10.2 Å². The summed E-state index contributed by atoms with van der Waals surface area (Å²) in [7, 11) is 0. The fraction of sp³-hybridized carbons (Fsp3) is 0.467. The molecule has 0 radical (unpaired) electrons. The number of thiocarbonyl (C=S) groups is 1. The van der Waals surface area contributed by atoms with Gasteiger partial charge in [-0.2, -0.15) is 5.11 Å². The molecular weight excluding hydrogens is 330 g/mol. The highest BCUT2D eigenvalue weighted by molar-refractivity contribution is 7.80. The summed E-state index contributed by atoms with van der Waals surface area (Å²) in [5, 5.41) is 19.2. The second-order valence-corrected chi connectivity index (χ2v) is 5.54. The van der Waals surface area contributed by atoms with E-state index in [0.29, 0.717) is 49.3 Å². The topological polar surface area (TPSA) is 81.0 Å². The molecule has 1 amide bonds. The summed E-state index contributed by atoms with van der Waals surface area (Å²) in [6, 6.07) is 0. The molecule has 1 saturated heterocycles. The number of piperazine rings is 1. The Bertz CT molecular complexity index is 606. The fourth-order valence-electron chi connectivity index (χ4n) is 2.25. The molecule has 1 fully saturated rings. The van der Waals surface area contributed by atoms with Crippen molar-refractivity contribution in [1.82, 2.24) is 14.9 Å². The third kappa shape index (κ3) is 4.62. The van der Waals surface area contributed by atoms with Crippen molar-refractivity contribution in [3.63, 3.8) is 0 Å². The van der Waals surface area contributed by atoms with E-state index in [1.165, 1.54) is 6.20 Å². The van der Waals surface area contributed by atoms with E-state index in [4.69, 9.17) is 17.0 Å². The predicted octanol–water partition coefficient (Wildman–Crippen LogP) is 2.50. The number of hydrogen-bond donors (Lipinski definition) is 1. The van der Waals surface area contributed by atoms with E-state index >= 15 is 0 Å². The van der Waals surface area contributed by atoms with Gasteiger partial charge in [0.05, 0.1) is 18.0 Å². The number of hydrogen-bond acceptors (Lipinski definition) is 6. The summed E-state index contributed by atoms with van der Waals surface area (Å²) >= 11 is 5.28. The lowest BCUT2D eigenvalue weighted by molar-refractivity contribution is -0.00149. The molecule has 0 aromatic rings. The van der Waals surface area contributed by atoms with Crippen LogP contribution in [0.4, 0.5) is 4.79 Å². The van der Waals surface area contributed by atoms with Gasteiger partial charge >= 0.3 is 6.09 Å². The molecule has 8 nitrogen and oxygen atoms in total. The normalized spacial score (nSPS) is 19.9. The van der Waals surface area contributed by atoms with Crippen LogP contribution in [-0.4, -0.2) is 64.1 Å². The minimum absolute atomic E-state index is 0.301. The summed E-state index contributed by atoms with van der Waals surface area (Å²) in [4.78, 5) is 15.2. The van der Waals surface area contributed by atoms with Crippen LogP contribution in [0.1, 0.15) is 13.8 Å². The maximum atomic E-state index is 11.7. The van der Waals surface area contributed by atoms with E-state index in [0.717, 1.165) is 5.06 Å². The number of hydroxylamine groups is 2. The first-order valence-corrected chi connectivity index (χ1v) is 8.10. The Morgan fingerprint density at radius 1 is 1.25 bits per heavy atom. The maximum absolute atomic E-state index is 11.7. The molecule has 1 N–H and O–H groups in total. The number of amides is 1. The average molecular weight is 351 g/mol. The smallest absolute Gasteiger partial charge is 0.409 e. The fourth-order valence-corrected chi connectivity index (χ4v) is 2.47. The van der Waals surface area contributed by atoms with Crippen molar-refractivity contribution in [3.8, 4) is 0 Å². The van der Waals surface area contributed by atoms with Crippen molar-refractivity contribution >= 4 is 23.4 Å². The van der Waals surface area contributed by atoms with Gasteiger partial charge in [-0.1, -0.05) is 6.08 Å². The molecule has 2 rings (SSSR count). The molecule has 24 heavy (non-hydrogen) atoms. The summed E-state index contributed by atoms with van der Waals surface area (Å²) in [6.45, 7) is 6.13. The Kier molecular flexibility index (Phi) is 6.44. The minimum Gasteiger partial charge on any atom is -0.450 e. The Morgan fingerprint density at radius 3 is 2.54 bits per heavy atom. The number of rotatable bonds is 2. The zero-order chi connectivity index (χ0) is 17.5. The van der Waals surface area contributed by atoms with E-state index in [1.807, 2.05) is 4.90 Å². The molecule has 2 aliphatic rings. The second-order valence-electron chi connectivity index (χ2n) is 5.17. The highest BCUT2D eigenvalue weighted by Crippen LogP contribution is 2.16. The number of azo groups is 1. The number of ether oxygens (including phenoxy) is 1. The molecule has 0 atom stereocenters. The molecule has 0 aromatic carbocycles. The van der Waals surface area contributed by atoms with Crippen molar-refractivity contribution in [2.45, 2.75) is 13.8 Å². The van der Waals surface area contributed by atoms with Gasteiger partial charge in [-0.05, 0) is 38.2 Å². The second kappa shape index (κ2) is 8.55. The third-order valence-corrected chi connectivity index (χ3v) is 3.91. The van der Waals surface area contributed by atoms with E-state index in [1.54, 1.807) is 37.0 Å². The van der Waals surface area contributed by atoms with Gasteiger partial charge in [0, 0.05) is 32.4 Å². The maximum Gasteiger partial charge on any atom is 0.409 e. The van der Waals surface area contributed by atoms with Gasteiger partial charge in [-0.3, -0.25) is 5.21 Å². The molecular formula is C15H21N5O3S. The zero-order valence-electron chi connectivity index (χ0n) is 13.8. The Labute approximate surface area is 146 Å². The van der Waals surface area contributed by atoms with Crippen molar-refractivity contribution in [2.75, 3.05) is 32.8 Å². The third-order valence-electron chi connectivity index (χ3n) is 3.57. The number of carbonyl (C=O) groups is 1. The number of nitrogens with zero attached hydrogens (tertiary/aromatic N) is 5. The van der Waals surface area contributed by atoms with Gasteiger partial charge in [0.25, 0.3) is 0 Å². The van der Waals surface area contributed by atoms with Crippen LogP contribution in [-0.2, 0) is 4.74 Å². The van der Waals surface area contributed by atoms with Crippen LogP contribution < -0.4 is 0 Å². The first-order valence-electron chi connectivity index (χ1n) is 7.69. The quantitative estimate of drug-likeness (QED) is 0.608. The van der Waals surface area contributed by atoms with Crippen LogP contribution in [0.3, 0.4) is 0 Å². The molecule has 0 unspecified atom stereocenters. The standard InChI is InChI=1S/C15H21N5O3S/c1-3-23-15(21)19-10-8-18(9-11-19)14(24)17-16-12(2)13-6-4-5-7-20(13)22/h4-7,22H,3,8-11H2,1-2H3/b13-12-,17-16?. The first-order chi connectivity index (χ1) is 11.5. The summed E-state index contributed by atoms with van der Waals surface area (Å²) in [5.74, 6) is 0.